The lowest BCUT2D eigenvalue weighted by Gasteiger charge is -2.32. The van der Waals surface area contributed by atoms with E-state index in [0.717, 1.165) is 5.69 Å². The van der Waals surface area contributed by atoms with E-state index in [9.17, 15) is 4.79 Å². The zero-order valence-corrected chi connectivity index (χ0v) is 11.5. The molecule has 1 aliphatic heterocycles. The van der Waals surface area contributed by atoms with E-state index in [0.29, 0.717) is 18.9 Å². The Kier molecular flexibility index (Phi) is 4.56. The number of anilines is 1. The van der Waals surface area contributed by atoms with Gasteiger partial charge in [0.05, 0.1) is 12.6 Å². The molecule has 0 radical (unpaired) electrons. The molecule has 0 aliphatic carbocycles. The van der Waals surface area contributed by atoms with Gasteiger partial charge < -0.3 is 14.7 Å². The third-order valence-corrected chi connectivity index (χ3v) is 3.45. The molecule has 1 aliphatic rings. The molecule has 1 aromatic rings. The van der Waals surface area contributed by atoms with E-state index in [4.69, 9.17) is 9.84 Å². The molecule has 1 aromatic carbocycles. The normalized spacial score (nSPS) is 20.1. The lowest BCUT2D eigenvalue weighted by atomic mass is 10.0. The van der Waals surface area contributed by atoms with E-state index >= 15 is 0 Å². The van der Waals surface area contributed by atoms with Gasteiger partial charge in [-0.05, 0) is 30.0 Å². The summed E-state index contributed by atoms with van der Waals surface area (Å²) in [5.41, 5.74) is 2.16. The van der Waals surface area contributed by atoms with Crippen LogP contribution < -0.4 is 4.90 Å². The van der Waals surface area contributed by atoms with Gasteiger partial charge in [-0.25, -0.2) is 0 Å². The van der Waals surface area contributed by atoms with Crippen molar-refractivity contribution in [1.82, 2.24) is 0 Å². The van der Waals surface area contributed by atoms with Gasteiger partial charge in [-0.3, -0.25) is 4.79 Å². The second-order valence-electron chi connectivity index (χ2n) is 5.20. The largest absolute Gasteiger partial charge is 0.396 e. The molecule has 1 unspecified atom stereocenters. The predicted molar refractivity (Wildman–Crippen MR) is 74.3 cm³/mol. The minimum Gasteiger partial charge on any atom is -0.396 e. The van der Waals surface area contributed by atoms with Crippen LogP contribution in [0.5, 0.6) is 0 Å². The van der Waals surface area contributed by atoms with Crippen LogP contribution in [0.2, 0.25) is 0 Å². The number of carbonyl (C=O) groups is 1. The summed E-state index contributed by atoms with van der Waals surface area (Å²) in [6.45, 7) is 4.98. The van der Waals surface area contributed by atoms with Gasteiger partial charge in [-0.2, -0.15) is 0 Å². The van der Waals surface area contributed by atoms with Crippen LogP contribution >= 0.6 is 0 Å². The molecule has 4 heteroatoms. The van der Waals surface area contributed by atoms with Crippen LogP contribution in [0, 0.1) is 0 Å². The number of carbonyl (C=O) groups excluding carboxylic acids is 1. The van der Waals surface area contributed by atoms with Gasteiger partial charge in [0.25, 0.3) is 5.91 Å². The fourth-order valence-corrected chi connectivity index (χ4v) is 2.23. The Hall–Kier alpha value is -1.39. The molecule has 1 atom stereocenters. The van der Waals surface area contributed by atoms with E-state index in [1.54, 1.807) is 4.90 Å². The summed E-state index contributed by atoms with van der Waals surface area (Å²) in [6.07, 6.45) is 0.487. The number of aliphatic hydroxyl groups is 1. The van der Waals surface area contributed by atoms with Crippen LogP contribution in [0.4, 0.5) is 5.69 Å². The van der Waals surface area contributed by atoms with Crippen molar-refractivity contribution >= 4 is 11.6 Å². The third-order valence-electron chi connectivity index (χ3n) is 3.45. The molecular weight excluding hydrogens is 242 g/mol. The zero-order valence-electron chi connectivity index (χ0n) is 11.5. The molecule has 0 spiro atoms. The number of benzene rings is 1. The van der Waals surface area contributed by atoms with Crippen LogP contribution in [-0.4, -0.2) is 36.9 Å². The molecule has 1 saturated heterocycles. The Morgan fingerprint density at radius 3 is 2.63 bits per heavy atom. The maximum Gasteiger partial charge on any atom is 0.253 e. The van der Waals surface area contributed by atoms with Gasteiger partial charge >= 0.3 is 0 Å². The summed E-state index contributed by atoms with van der Waals surface area (Å²) in [4.78, 5) is 13.6. The monoisotopic (exact) mass is 263 g/mol. The van der Waals surface area contributed by atoms with Gasteiger partial charge in [0.15, 0.2) is 0 Å². The first-order chi connectivity index (χ1) is 9.11. The van der Waals surface area contributed by atoms with Crippen LogP contribution in [0.15, 0.2) is 24.3 Å². The van der Waals surface area contributed by atoms with Crippen molar-refractivity contribution in [2.24, 2.45) is 0 Å². The van der Waals surface area contributed by atoms with Crippen LogP contribution in [-0.2, 0) is 9.53 Å². The first-order valence-electron chi connectivity index (χ1n) is 6.74. The molecule has 19 heavy (non-hydrogen) atoms. The maximum absolute atomic E-state index is 11.9. The Balaban J connectivity index is 2.12. The van der Waals surface area contributed by atoms with Crippen molar-refractivity contribution < 1.29 is 14.6 Å². The van der Waals surface area contributed by atoms with Gasteiger partial charge in [-0.15, -0.1) is 0 Å². The summed E-state index contributed by atoms with van der Waals surface area (Å²) in [7, 11) is 0. The second-order valence-corrected chi connectivity index (χ2v) is 5.20. The lowest BCUT2D eigenvalue weighted by Crippen LogP contribution is -2.47. The highest BCUT2D eigenvalue weighted by molar-refractivity contribution is 5.94. The number of rotatable bonds is 4. The van der Waals surface area contributed by atoms with Crippen LogP contribution in [0.25, 0.3) is 0 Å². The summed E-state index contributed by atoms with van der Waals surface area (Å²) >= 11 is 0. The molecule has 1 heterocycles. The topological polar surface area (TPSA) is 49.8 Å². The van der Waals surface area contributed by atoms with Crippen molar-refractivity contribution in [2.45, 2.75) is 32.3 Å². The molecule has 0 bridgehead atoms. The Bertz CT molecular complexity index is 428. The molecule has 2 rings (SSSR count). The smallest absolute Gasteiger partial charge is 0.253 e. The van der Waals surface area contributed by atoms with Gasteiger partial charge in [0, 0.05) is 12.3 Å². The quantitative estimate of drug-likeness (QED) is 0.903. The number of hydrogen-bond acceptors (Lipinski definition) is 3. The lowest BCUT2D eigenvalue weighted by molar-refractivity contribution is -0.129. The van der Waals surface area contributed by atoms with Gasteiger partial charge in [0.2, 0.25) is 0 Å². The zero-order chi connectivity index (χ0) is 13.8. The minimum absolute atomic E-state index is 0.0218. The second kappa shape index (κ2) is 6.17. The molecule has 4 nitrogen and oxygen atoms in total. The number of nitrogens with zero attached hydrogens (tertiary/aromatic N) is 1. The van der Waals surface area contributed by atoms with Crippen LogP contribution in [0.3, 0.4) is 0 Å². The Labute approximate surface area is 114 Å². The highest BCUT2D eigenvalue weighted by Gasteiger charge is 2.26. The van der Waals surface area contributed by atoms with Crippen molar-refractivity contribution in [2.75, 3.05) is 24.7 Å². The van der Waals surface area contributed by atoms with E-state index in [-0.39, 0.29) is 25.2 Å². The SMILES string of the molecule is CC(C)c1ccc(N2CC(CCO)OCC2=O)cc1. The van der Waals surface area contributed by atoms with Gasteiger partial charge in [-0.1, -0.05) is 26.0 Å². The Morgan fingerprint density at radius 2 is 2.05 bits per heavy atom. The first kappa shape index (κ1) is 14.0. The number of ether oxygens (including phenoxy) is 1. The van der Waals surface area contributed by atoms with Crippen molar-refractivity contribution in [3.8, 4) is 0 Å². The Morgan fingerprint density at radius 1 is 1.37 bits per heavy atom. The third kappa shape index (κ3) is 3.33. The average molecular weight is 263 g/mol. The van der Waals surface area contributed by atoms with E-state index in [1.807, 2.05) is 12.1 Å². The minimum atomic E-state index is -0.0764. The highest BCUT2D eigenvalue weighted by Crippen LogP contribution is 2.23. The molecule has 0 saturated carbocycles. The molecular formula is C15H21NO3. The number of aliphatic hydroxyl groups excluding tert-OH is 1. The van der Waals surface area contributed by atoms with E-state index in [1.165, 1.54) is 5.56 Å². The van der Waals surface area contributed by atoms with E-state index < -0.39 is 0 Å². The standard InChI is InChI=1S/C15H21NO3/c1-11(2)12-3-5-13(6-4-12)16-9-14(7-8-17)19-10-15(16)18/h3-6,11,14,17H,7-10H2,1-2H3. The summed E-state index contributed by atoms with van der Waals surface area (Å²) in [6, 6.07) is 8.08. The fourth-order valence-electron chi connectivity index (χ4n) is 2.23. The number of hydrogen-bond donors (Lipinski definition) is 1. The first-order valence-corrected chi connectivity index (χ1v) is 6.74. The van der Waals surface area contributed by atoms with Crippen molar-refractivity contribution in [3.05, 3.63) is 29.8 Å². The van der Waals surface area contributed by atoms with Crippen molar-refractivity contribution in [1.29, 1.82) is 0 Å². The molecule has 1 fully saturated rings. The van der Waals surface area contributed by atoms with Crippen LogP contribution in [0.1, 0.15) is 31.7 Å². The molecule has 0 aromatic heterocycles. The molecule has 1 amide bonds. The summed E-state index contributed by atoms with van der Waals surface area (Å²) in [5, 5.41) is 8.96. The average Bonchev–Trinajstić information content (AvgIpc) is 2.41. The molecule has 1 N–H and O–H groups in total. The summed E-state index contributed by atoms with van der Waals surface area (Å²) < 4.78 is 5.39. The van der Waals surface area contributed by atoms with E-state index in [2.05, 4.69) is 26.0 Å². The number of morpholine rings is 1. The fraction of sp³-hybridized carbons (Fsp3) is 0.533. The molecule has 104 valence electrons. The number of amides is 1. The maximum atomic E-state index is 11.9. The highest BCUT2D eigenvalue weighted by atomic mass is 16.5. The predicted octanol–water partition coefficient (Wildman–Crippen LogP) is 1.92. The van der Waals surface area contributed by atoms with Crippen molar-refractivity contribution in [3.63, 3.8) is 0 Å². The summed E-state index contributed by atoms with van der Waals surface area (Å²) in [5.74, 6) is 0.461. The van der Waals surface area contributed by atoms with Gasteiger partial charge in [0.1, 0.15) is 6.61 Å².